The Morgan fingerprint density at radius 1 is 1.16 bits per heavy atom. The van der Waals surface area contributed by atoms with Crippen molar-refractivity contribution in [2.45, 2.75) is 26.2 Å². The van der Waals surface area contributed by atoms with E-state index in [1.807, 2.05) is 30.3 Å². The molecule has 100 valence electrons. The molecule has 4 nitrogen and oxygen atoms in total. The van der Waals surface area contributed by atoms with Gasteiger partial charge in [0.25, 0.3) is 0 Å². The average Bonchev–Trinajstić information content (AvgIpc) is 2.44. The Labute approximate surface area is 113 Å². The molecule has 19 heavy (non-hydrogen) atoms. The second-order valence-corrected chi connectivity index (χ2v) is 4.43. The van der Waals surface area contributed by atoms with Crippen molar-refractivity contribution >= 4 is 5.95 Å². The van der Waals surface area contributed by atoms with E-state index < -0.39 is 0 Å². The van der Waals surface area contributed by atoms with E-state index in [1.165, 1.54) is 0 Å². The van der Waals surface area contributed by atoms with Gasteiger partial charge >= 0.3 is 0 Å². The van der Waals surface area contributed by atoms with Crippen molar-refractivity contribution in [3.63, 3.8) is 0 Å². The molecule has 1 aromatic heterocycles. The minimum atomic E-state index is 0.333. The second-order valence-electron chi connectivity index (χ2n) is 4.43. The van der Waals surface area contributed by atoms with Crippen LogP contribution in [0.15, 0.2) is 30.3 Å². The van der Waals surface area contributed by atoms with Gasteiger partial charge in [-0.2, -0.15) is 0 Å². The lowest BCUT2D eigenvalue weighted by Crippen LogP contribution is -2.01. The number of nitrogens with two attached hydrogens (primary N) is 1. The average molecular weight is 257 g/mol. The number of anilines is 1. The Hall–Kier alpha value is -2.10. The minimum absolute atomic E-state index is 0.333. The van der Waals surface area contributed by atoms with Crippen molar-refractivity contribution in [2.24, 2.45) is 0 Å². The van der Waals surface area contributed by atoms with E-state index in [-0.39, 0.29) is 0 Å². The van der Waals surface area contributed by atoms with Gasteiger partial charge in [-0.25, -0.2) is 9.97 Å². The number of ether oxygens (including phenoxy) is 1. The van der Waals surface area contributed by atoms with E-state index >= 15 is 0 Å². The summed E-state index contributed by atoms with van der Waals surface area (Å²) in [5.74, 6) is 1.16. The molecule has 2 rings (SSSR count). The summed E-state index contributed by atoms with van der Waals surface area (Å²) in [6.07, 6.45) is 3.19. The fraction of sp³-hybridized carbons (Fsp3) is 0.333. The van der Waals surface area contributed by atoms with Gasteiger partial charge in [0.05, 0.1) is 12.8 Å². The van der Waals surface area contributed by atoms with E-state index in [0.717, 1.165) is 42.0 Å². The highest BCUT2D eigenvalue weighted by molar-refractivity contribution is 5.61. The summed E-state index contributed by atoms with van der Waals surface area (Å²) in [5.41, 5.74) is 8.66. The first-order valence-corrected chi connectivity index (χ1v) is 6.50. The van der Waals surface area contributed by atoms with E-state index in [1.54, 1.807) is 7.11 Å². The SMILES string of the molecule is CCCCc1cc(-c2ccc(OC)cc2)nc(N)n1. The van der Waals surface area contributed by atoms with Gasteiger partial charge in [0.15, 0.2) is 0 Å². The van der Waals surface area contributed by atoms with Crippen molar-refractivity contribution in [1.82, 2.24) is 9.97 Å². The first-order chi connectivity index (χ1) is 9.22. The van der Waals surface area contributed by atoms with Gasteiger partial charge in [-0.3, -0.25) is 0 Å². The van der Waals surface area contributed by atoms with Crippen LogP contribution in [-0.2, 0) is 6.42 Å². The van der Waals surface area contributed by atoms with Gasteiger partial charge in [-0.15, -0.1) is 0 Å². The largest absolute Gasteiger partial charge is 0.497 e. The zero-order valence-electron chi connectivity index (χ0n) is 11.4. The first kappa shape index (κ1) is 13.3. The maximum Gasteiger partial charge on any atom is 0.220 e. The summed E-state index contributed by atoms with van der Waals surface area (Å²) in [7, 11) is 1.65. The summed E-state index contributed by atoms with van der Waals surface area (Å²) >= 11 is 0. The lowest BCUT2D eigenvalue weighted by atomic mass is 10.1. The number of aryl methyl sites for hydroxylation is 1. The van der Waals surface area contributed by atoms with Crippen LogP contribution in [0.1, 0.15) is 25.5 Å². The van der Waals surface area contributed by atoms with E-state index in [4.69, 9.17) is 10.5 Å². The topological polar surface area (TPSA) is 61.0 Å². The highest BCUT2D eigenvalue weighted by atomic mass is 16.5. The molecule has 0 fully saturated rings. The Kier molecular flexibility index (Phi) is 4.34. The van der Waals surface area contributed by atoms with Gasteiger partial charge < -0.3 is 10.5 Å². The van der Waals surface area contributed by atoms with Crippen LogP contribution in [-0.4, -0.2) is 17.1 Å². The number of rotatable bonds is 5. The second kappa shape index (κ2) is 6.18. The lowest BCUT2D eigenvalue weighted by Gasteiger charge is -2.06. The Morgan fingerprint density at radius 2 is 1.89 bits per heavy atom. The summed E-state index contributed by atoms with van der Waals surface area (Å²) in [6.45, 7) is 2.16. The normalized spacial score (nSPS) is 10.4. The molecule has 0 aliphatic carbocycles. The molecule has 0 spiro atoms. The standard InChI is InChI=1S/C15H19N3O/c1-3-4-5-12-10-14(18-15(16)17-12)11-6-8-13(19-2)9-7-11/h6-10H,3-5H2,1-2H3,(H2,16,17,18). The third-order valence-electron chi connectivity index (χ3n) is 2.97. The van der Waals surface area contributed by atoms with Crippen LogP contribution in [0.4, 0.5) is 5.95 Å². The number of methoxy groups -OCH3 is 1. The van der Waals surface area contributed by atoms with Gasteiger partial charge in [0.2, 0.25) is 5.95 Å². The van der Waals surface area contributed by atoms with Crippen molar-refractivity contribution in [2.75, 3.05) is 12.8 Å². The Morgan fingerprint density at radius 3 is 2.53 bits per heavy atom. The van der Waals surface area contributed by atoms with Crippen LogP contribution in [0.2, 0.25) is 0 Å². The molecule has 0 amide bonds. The van der Waals surface area contributed by atoms with Crippen LogP contribution in [0.25, 0.3) is 11.3 Å². The third-order valence-corrected chi connectivity index (χ3v) is 2.97. The molecule has 0 atom stereocenters. The summed E-state index contributed by atoms with van der Waals surface area (Å²) in [4.78, 5) is 8.57. The zero-order valence-corrected chi connectivity index (χ0v) is 11.4. The molecule has 0 saturated carbocycles. The molecule has 4 heteroatoms. The highest BCUT2D eigenvalue weighted by Gasteiger charge is 2.05. The van der Waals surface area contributed by atoms with Crippen LogP contribution >= 0.6 is 0 Å². The quantitative estimate of drug-likeness (QED) is 0.894. The first-order valence-electron chi connectivity index (χ1n) is 6.50. The number of hydrogen-bond acceptors (Lipinski definition) is 4. The molecule has 0 aliphatic heterocycles. The summed E-state index contributed by atoms with van der Waals surface area (Å²) < 4.78 is 5.15. The van der Waals surface area contributed by atoms with Gasteiger partial charge in [0.1, 0.15) is 5.75 Å². The van der Waals surface area contributed by atoms with Gasteiger partial charge in [-0.1, -0.05) is 13.3 Å². The molecule has 0 aliphatic rings. The fourth-order valence-corrected chi connectivity index (χ4v) is 1.91. The minimum Gasteiger partial charge on any atom is -0.497 e. The number of aromatic nitrogens is 2. The molecule has 0 radical (unpaired) electrons. The molecule has 2 N–H and O–H groups in total. The lowest BCUT2D eigenvalue weighted by molar-refractivity contribution is 0.415. The summed E-state index contributed by atoms with van der Waals surface area (Å²) in [6, 6.07) is 9.79. The number of unbranched alkanes of at least 4 members (excludes halogenated alkanes) is 1. The molecule has 0 saturated heterocycles. The van der Waals surface area contributed by atoms with Crippen LogP contribution < -0.4 is 10.5 Å². The van der Waals surface area contributed by atoms with Crippen LogP contribution in [0.3, 0.4) is 0 Å². The highest BCUT2D eigenvalue weighted by Crippen LogP contribution is 2.22. The van der Waals surface area contributed by atoms with E-state index in [2.05, 4.69) is 16.9 Å². The van der Waals surface area contributed by atoms with Crippen molar-refractivity contribution in [1.29, 1.82) is 0 Å². The number of nitrogen functional groups attached to an aromatic ring is 1. The Balaban J connectivity index is 2.29. The van der Waals surface area contributed by atoms with Gasteiger partial charge in [-0.05, 0) is 43.2 Å². The predicted octanol–water partition coefficient (Wildman–Crippen LogP) is 3.08. The fourth-order valence-electron chi connectivity index (χ4n) is 1.91. The maximum absolute atomic E-state index is 5.78. The number of benzene rings is 1. The van der Waals surface area contributed by atoms with Crippen molar-refractivity contribution in [3.05, 3.63) is 36.0 Å². The molecule has 1 aromatic carbocycles. The molecule has 0 bridgehead atoms. The van der Waals surface area contributed by atoms with E-state index in [9.17, 15) is 0 Å². The van der Waals surface area contributed by atoms with Crippen molar-refractivity contribution < 1.29 is 4.74 Å². The number of hydrogen-bond donors (Lipinski definition) is 1. The molecular formula is C15H19N3O. The van der Waals surface area contributed by atoms with Crippen molar-refractivity contribution in [3.8, 4) is 17.0 Å². The van der Waals surface area contributed by atoms with Crippen LogP contribution in [0, 0.1) is 0 Å². The van der Waals surface area contributed by atoms with Gasteiger partial charge in [0, 0.05) is 11.3 Å². The predicted molar refractivity (Wildman–Crippen MR) is 77.0 cm³/mol. The third kappa shape index (κ3) is 3.44. The smallest absolute Gasteiger partial charge is 0.220 e. The van der Waals surface area contributed by atoms with Crippen LogP contribution in [0.5, 0.6) is 5.75 Å². The Bertz CT molecular complexity index is 538. The van der Waals surface area contributed by atoms with E-state index in [0.29, 0.717) is 5.95 Å². The molecule has 0 unspecified atom stereocenters. The molecule has 2 aromatic rings. The zero-order chi connectivity index (χ0) is 13.7. The number of nitrogens with zero attached hydrogens (tertiary/aromatic N) is 2. The maximum atomic E-state index is 5.78. The monoisotopic (exact) mass is 257 g/mol. The molecule has 1 heterocycles. The molecular weight excluding hydrogens is 238 g/mol. The summed E-state index contributed by atoms with van der Waals surface area (Å²) in [5, 5.41) is 0.